The Morgan fingerprint density at radius 1 is 1.34 bits per heavy atom. The Morgan fingerprint density at radius 2 is 2.19 bits per heavy atom. The molecule has 2 aromatic heterocycles. The maximum Gasteiger partial charge on any atom is 0.414 e. The van der Waals surface area contributed by atoms with Gasteiger partial charge >= 0.3 is 6.09 Å². The number of pyridine rings is 2. The molecule has 0 saturated carbocycles. The summed E-state index contributed by atoms with van der Waals surface area (Å²) in [5.74, 6) is -0.299. The van der Waals surface area contributed by atoms with Crippen LogP contribution in [0.3, 0.4) is 0 Å². The molecule has 9 heteroatoms. The number of hydrogen-bond acceptors (Lipinski definition) is 6. The number of nitrogens with zero attached hydrogens (tertiary/aromatic N) is 3. The van der Waals surface area contributed by atoms with E-state index in [0.717, 1.165) is 0 Å². The average Bonchev–Trinajstić information content (AvgIpc) is 3.18. The molecule has 3 heterocycles. The molecular formula is C23H21FN4O4. The molecule has 32 heavy (non-hydrogen) atoms. The first-order valence-electron chi connectivity index (χ1n) is 9.94. The van der Waals surface area contributed by atoms with E-state index in [-0.39, 0.29) is 19.0 Å². The van der Waals surface area contributed by atoms with Crippen LogP contribution in [-0.4, -0.2) is 48.3 Å². The van der Waals surface area contributed by atoms with Crippen LogP contribution in [0.25, 0.3) is 17.1 Å². The van der Waals surface area contributed by atoms with Crippen molar-refractivity contribution < 1.29 is 23.5 Å². The molecule has 0 aliphatic carbocycles. The summed E-state index contributed by atoms with van der Waals surface area (Å²) in [7, 11) is 1.53. The van der Waals surface area contributed by atoms with Crippen molar-refractivity contribution >= 4 is 34.8 Å². The number of benzene rings is 1. The van der Waals surface area contributed by atoms with Gasteiger partial charge in [-0.3, -0.25) is 14.7 Å². The van der Waals surface area contributed by atoms with Crippen LogP contribution in [0, 0.1) is 12.7 Å². The Kier molecular flexibility index (Phi) is 5.98. The standard InChI is InChI=1S/C23H21FN4O4/c1-14-3-5-16(11-18(14)24)28-13-17(32-23(28)30)12-26-20(29)7-4-15-9-10-25-19-6-8-21(31-2)27-22(15)19/h3-11,17H,12-13H2,1-2H3,(H,26,29)/t17-/m1/s1. The number of aryl methyl sites for hydroxylation is 1. The molecule has 164 valence electrons. The number of rotatable bonds is 6. The molecule has 1 aromatic carbocycles. The fraction of sp³-hybridized carbons (Fsp3) is 0.217. The van der Waals surface area contributed by atoms with Gasteiger partial charge in [0.05, 0.1) is 36.9 Å². The van der Waals surface area contributed by atoms with E-state index < -0.39 is 18.0 Å². The fourth-order valence-corrected chi connectivity index (χ4v) is 3.30. The number of methoxy groups -OCH3 is 1. The largest absolute Gasteiger partial charge is 0.481 e. The van der Waals surface area contributed by atoms with Gasteiger partial charge < -0.3 is 14.8 Å². The van der Waals surface area contributed by atoms with Gasteiger partial charge in [-0.05, 0) is 42.8 Å². The summed E-state index contributed by atoms with van der Waals surface area (Å²) >= 11 is 0. The van der Waals surface area contributed by atoms with Crippen LogP contribution in [0.4, 0.5) is 14.9 Å². The van der Waals surface area contributed by atoms with Crippen molar-refractivity contribution in [3.63, 3.8) is 0 Å². The highest BCUT2D eigenvalue weighted by molar-refractivity contribution is 5.95. The fourth-order valence-electron chi connectivity index (χ4n) is 3.30. The number of carbonyl (C=O) groups excluding carboxylic acids is 2. The van der Waals surface area contributed by atoms with Crippen molar-refractivity contribution in [3.05, 3.63) is 65.6 Å². The second kappa shape index (κ2) is 9.01. The first kappa shape index (κ1) is 21.2. The van der Waals surface area contributed by atoms with E-state index in [4.69, 9.17) is 9.47 Å². The van der Waals surface area contributed by atoms with Gasteiger partial charge in [-0.2, -0.15) is 0 Å². The van der Waals surface area contributed by atoms with Gasteiger partial charge in [0.2, 0.25) is 11.8 Å². The molecule has 2 amide bonds. The number of fused-ring (bicyclic) bond motifs is 1. The lowest BCUT2D eigenvalue weighted by atomic mass is 10.2. The highest BCUT2D eigenvalue weighted by Crippen LogP contribution is 2.24. The molecule has 0 unspecified atom stereocenters. The molecule has 4 rings (SSSR count). The predicted molar refractivity (Wildman–Crippen MR) is 117 cm³/mol. The van der Waals surface area contributed by atoms with Crippen molar-refractivity contribution in [2.24, 2.45) is 0 Å². The zero-order valence-corrected chi connectivity index (χ0v) is 17.5. The van der Waals surface area contributed by atoms with Gasteiger partial charge in [0, 0.05) is 23.9 Å². The minimum Gasteiger partial charge on any atom is -0.481 e. The number of carbonyl (C=O) groups is 2. The van der Waals surface area contributed by atoms with Gasteiger partial charge in [-0.15, -0.1) is 0 Å². The first-order chi connectivity index (χ1) is 15.4. The van der Waals surface area contributed by atoms with Crippen LogP contribution in [-0.2, 0) is 9.53 Å². The zero-order valence-electron chi connectivity index (χ0n) is 17.5. The van der Waals surface area contributed by atoms with Gasteiger partial charge in [-0.1, -0.05) is 6.07 Å². The summed E-state index contributed by atoms with van der Waals surface area (Å²) in [6.45, 7) is 1.99. The van der Waals surface area contributed by atoms with E-state index in [1.165, 1.54) is 24.2 Å². The second-order valence-electron chi connectivity index (χ2n) is 7.25. The maximum absolute atomic E-state index is 13.8. The second-order valence-corrected chi connectivity index (χ2v) is 7.25. The third kappa shape index (κ3) is 4.51. The van der Waals surface area contributed by atoms with E-state index in [1.807, 2.05) is 0 Å². The van der Waals surface area contributed by atoms with Crippen LogP contribution in [0.15, 0.2) is 48.7 Å². The molecule has 1 aliphatic rings. The predicted octanol–water partition coefficient (Wildman–Crippen LogP) is 3.24. The van der Waals surface area contributed by atoms with E-state index in [9.17, 15) is 14.0 Å². The lowest BCUT2D eigenvalue weighted by molar-refractivity contribution is -0.116. The molecule has 1 fully saturated rings. The van der Waals surface area contributed by atoms with Crippen molar-refractivity contribution in [3.8, 4) is 5.88 Å². The minimum atomic E-state index is -0.577. The monoisotopic (exact) mass is 436 g/mol. The summed E-state index contributed by atoms with van der Waals surface area (Å²) < 4.78 is 24.3. The van der Waals surface area contributed by atoms with E-state index in [2.05, 4.69) is 15.3 Å². The number of aromatic nitrogens is 2. The number of ether oxygens (including phenoxy) is 2. The lowest BCUT2D eigenvalue weighted by Gasteiger charge is -2.13. The molecule has 3 aromatic rings. The van der Waals surface area contributed by atoms with E-state index in [1.54, 1.807) is 49.5 Å². The van der Waals surface area contributed by atoms with E-state index >= 15 is 0 Å². The molecular weight excluding hydrogens is 415 g/mol. The molecule has 0 radical (unpaired) electrons. The summed E-state index contributed by atoms with van der Waals surface area (Å²) in [6, 6.07) is 9.81. The Balaban J connectivity index is 1.37. The van der Waals surface area contributed by atoms with E-state index in [0.29, 0.717) is 33.7 Å². The zero-order chi connectivity index (χ0) is 22.7. The summed E-state index contributed by atoms with van der Waals surface area (Å²) in [5.41, 5.74) is 2.91. The van der Waals surface area contributed by atoms with Crippen molar-refractivity contribution in [1.82, 2.24) is 15.3 Å². The van der Waals surface area contributed by atoms with Crippen molar-refractivity contribution in [1.29, 1.82) is 0 Å². The number of hydrogen-bond donors (Lipinski definition) is 1. The maximum atomic E-state index is 13.8. The van der Waals surface area contributed by atoms with Crippen LogP contribution in [0.2, 0.25) is 0 Å². The highest BCUT2D eigenvalue weighted by atomic mass is 19.1. The molecule has 1 aliphatic heterocycles. The van der Waals surface area contributed by atoms with Gasteiger partial charge in [0.1, 0.15) is 11.9 Å². The summed E-state index contributed by atoms with van der Waals surface area (Å²) in [4.78, 5) is 34.4. The Hall–Kier alpha value is -4.01. The Labute approximate surface area is 183 Å². The van der Waals surface area contributed by atoms with Crippen LogP contribution in [0.5, 0.6) is 5.88 Å². The molecule has 1 saturated heterocycles. The minimum absolute atomic E-state index is 0.128. The van der Waals surface area contributed by atoms with Crippen LogP contribution >= 0.6 is 0 Å². The normalized spacial score (nSPS) is 15.9. The van der Waals surface area contributed by atoms with Crippen molar-refractivity contribution in [2.75, 3.05) is 25.1 Å². The van der Waals surface area contributed by atoms with Crippen LogP contribution < -0.4 is 15.0 Å². The smallest absolute Gasteiger partial charge is 0.414 e. The quantitative estimate of drug-likeness (QED) is 0.597. The Morgan fingerprint density at radius 3 is 2.97 bits per heavy atom. The van der Waals surface area contributed by atoms with Crippen molar-refractivity contribution in [2.45, 2.75) is 13.0 Å². The third-order valence-electron chi connectivity index (χ3n) is 5.06. The third-order valence-corrected chi connectivity index (χ3v) is 5.06. The van der Waals surface area contributed by atoms with Gasteiger partial charge in [0.15, 0.2) is 0 Å². The molecule has 8 nitrogen and oxygen atoms in total. The molecule has 0 spiro atoms. The first-order valence-corrected chi connectivity index (χ1v) is 9.94. The number of amides is 2. The number of cyclic esters (lactones) is 1. The SMILES string of the molecule is COc1ccc2nccc(C=CC(=O)NC[C@@H]3CN(c4ccc(C)c(F)c4)C(=O)O3)c2n1. The Bertz CT molecular complexity index is 1210. The molecule has 1 N–H and O–H groups in total. The molecule has 0 bridgehead atoms. The molecule has 1 atom stereocenters. The summed E-state index contributed by atoms with van der Waals surface area (Å²) in [5, 5.41) is 2.71. The lowest BCUT2D eigenvalue weighted by Crippen LogP contribution is -2.33. The van der Waals surface area contributed by atoms with Gasteiger partial charge in [0.25, 0.3) is 0 Å². The summed E-state index contributed by atoms with van der Waals surface area (Å²) in [6.07, 6.45) is 3.52. The van der Waals surface area contributed by atoms with Crippen LogP contribution in [0.1, 0.15) is 11.1 Å². The number of nitrogens with one attached hydrogen (secondary N) is 1. The topological polar surface area (TPSA) is 93.7 Å². The highest BCUT2D eigenvalue weighted by Gasteiger charge is 2.32. The number of anilines is 1. The van der Waals surface area contributed by atoms with Gasteiger partial charge in [-0.25, -0.2) is 14.2 Å². The average molecular weight is 436 g/mol. The number of halogens is 1.